The predicted molar refractivity (Wildman–Crippen MR) is 71.3 cm³/mol. The average molecular weight is 260 g/mol. The second-order valence-electron chi connectivity index (χ2n) is 3.97. The van der Waals surface area contributed by atoms with Crippen molar-refractivity contribution in [3.63, 3.8) is 0 Å². The monoisotopic (exact) mass is 260 g/mol. The Morgan fingerprint density at radius 3 is 2.84 bits per heavy atom. The summed E-state index contributed by atoms with van der Waals surface area (Å²) in [5.74, 6) is 0.0629. The molecule has 0 heterocycles. The number of hydrogen-bond donors (Lipinski definition) is 2. The zero-order valence-electron chi connectivity index (χ0n) is 10.9. The fourth-order valence-electron chi connectivity index (χ4n) is 1.43. The van der Waals surface area contributed by atoms with Crippen LogP contribution in [0.5, 0.6) is 5.75 Å². The van der Waals surface area contributed by atoms with E-state index in [0.29, 0.717) is 11.3 Å². The van der Waals surface area contributed by atoms with E-state index in [1.165, 1.54) is 13.2 Å². The van der Waals surface area contributed by atoms with Gasteiger partial charge in [0.25, 0.3) is 5.91 Å². The van der Waals surface area contributed by atoms with Crippen LogP contribution in [0.3, 0.4) is 0 Å². The second-order valence-corrected chi connectivity index (χ2v) is 3.97. The summed E-state index contributed by atoms with van der Waals surface area (Å²) in [6.07, 6.45) is 0.797. The number of carbonyl (C=O) groups is 1. The van der Waals surface area contributed by atoms with Crippen LogP contribution in [0.15, 0.2) is 29.8 Å². The summed E-state index contributed by atoms with van der Waals surface area (Å²) in [4.78, 5) is 11.7. The highest BCUT2D eigenvalue weighted by Gasteiger charge is 2.10. The van der Waals surface area contributed by atoms with E-state index in [1.54, 1.807) is 31.2 Å². The molecule has 0 saturated heterocycles. The molecule has 1 aromatic carbocycles. The lowest BCUT2D eigenvalue weighted by molar-refractivity contribution is -0.117. The molecule has 0 bridgehead atoms. The maximum absolute atomic E-state index is 11.7. The molecule has 0 aliphatic carbocycles. The Labute approximate surface area is 112 Å². The van der Waals surface area contributed by atoms with Crippen LogP contribution in [0, 0.1) is 11.3 Å². The van der Waals surface area contributed by atoms with Crippen molar-refractivity contribution < 1.29 is 14.6 Å². The molecule has 0 radical (unpaired) electrons. The van der Waals surface area contributed by atoms with Crippen molar-refractivity contribution in [2.24, 2.45) is 0 Å². The molecular weight excluding hydrogens is 244 g/mol. The molecule has 5 heteroatoms. The van der Waals surface area contributed by atoms with Crippen molar-refractivity contribution in [2.75, 3.05) is 13.7 Å². The van der Waals surface area contributed by atoms with Gasteiger partial charge in [-0.05, 0) is 19.1 Å². The lowest BCUT2D eigenvalue weighted by Crippen LogP contribution is -2.31. The minimum Gasteiger partial charge on any atom is -0.496 e. The van der Waals surface area contributed by atoms with Crippen LogP contribution in [0.1, 0.15) is 12.5 Å². The fourth-order valence-corrected chi connectivity index (χ4v) is 1.43. The molecule has 0 aliphatic heterocycles. The third-order valence-electron chi connectivity index (χ3n) is 2.36. The number of amides is 1. The molecule has 2 N–H and O–H groups in total. The number of nitriles is 1. The molecule has 1 rings (SSSR count). The van der Waals surface area contributed by atoms with Gasteiger partial charge in [0.05, 0.1) is 13.2 Å². The SMILES string of the molecule is COc1ccccc1/C=C(\C#N)C(=O)NCC(C)O. The van der Waals surface area contributed by atoms with Crippen molar-refractivity contribution in [1.29, 1.82) is 5.26 Å². The van der Waals surface area contributed by atoms with Gasteiger partial charge in [-0.15, -0.1) is 0 Å². The molecule has 0 saturated carbocycles. The van der Waals surface area contributed by atoms with E-state index in [2.05, 4.69) is 5.32 Å². The smallest absolute Gasteiger partial charge is 0.262 e. The van der Waals surface area contributed by atoms with Gasteiger partial charge < -0.3 is 15.2 Å². The van der Waals surface area contributed by atoms with Gasteiger partial charge in [0.2, 0.25) is 0 Å². The van der Waals surface area contributed by atoms with Crippen molar-refractivity contribution in [2.45, 2.75) is 13.0 Å². The van der Waals surface area contributed by atoms with Crippen LogP contribution in [0.25, 0.3) is 6.08 Å². The first kappa shape index (κ1) is 14.7. The van der Waals surface area contributed by atoms with E-state index >= 15 is 0 Å². The standard InChI is InChI=1S/C14H16N2O3/c1-10(17)9-16-14(18)12(8-15)7-11-5-3-4-6-13(11)19-2/h3-7,10,17H,9H2,1-2H3,(H,16,18)/b12-7+. The molecule has 1 amide bonds. The van der Waals surface area contributed by atoms with Gasteiger partial charge in [-0.2, -0.15) is 5.26 Å². The topological polar surface area (TPSA) is 82.3 Å². The Morgan fingerprint density at radius 2 is 2.26 bits per heavy atom. The number of carbonyl (C=O) groups excluding carboxylic acids is 1. The summed E-state index contributed by atoms with van der Waals surface area (Å²) in [6, 6.07) is 8.92. The first-order chi connectivity index (χ1) is 9.08. The molecule has 0 aromatic heterocycles. The molecule has 5 nitrogen and oxygen atoms in total. The number of benzene rings is 1. The number of hydrogen-bond acceptors (Lipinski definition) is 4. The lowest BCUT2D eigenvalue weighted by atomic mass is 10.1. The third kappa shape index (κ3) is 4.45. The Morgan fingerprint density at radius 1 is 1.58 bits per heavy atom. The van der Waals surface area contributed by atoms with Crippen molar-refractivity contribution in [1.82, 2.24) is 5.32 Å². The normalized spacial score (nSPS) is 12.4. The quantitative estimate of drug-likeness (QED) is 0.613. The summed E-state index contributed by atoms with van der Waals surface area (Å²) in [5, 5.41) is 20.6. The highest BCUT2D eigenvalue weighted by molar-refractivity contribution is 6.01. The van der Waals surface area contributed by atoms with Crippen LogP contribution >= 0.6 is 0 Å². The van der Waals surface area contributed by atoms with Gasteiger partial charge in [-0.1, -0.05) is 18.2 Å². The highest BCUT2D eigenvalue weighted by Crippen LogP contribution is 2.20. The molecule has 19 heavy (non-hydrogen) atoms. The number of aliphatic hydroxyl groups is 1. The third-order valence-corrected chi connectivity index (χ3v) is 2.36. The second kappa shape index (κ2) is 7.19. The van der Waals surface area contributed by atoms with Crippen molar-refractivity contribution in [3.05, 3.63) is 35.4 Å². The van der Waals surface area contributed by atoms with Gasteiger partial charge in [-0.3, -0.25) is 4.79 Å². The Kier molecular flexibility index (Phi) is 5.58. The van der Waals surface area contributed by atoms with E-state index in [-0.39, 0.29) is 12.1 Å². The minimum absolute atomic E-state index is 0.0369. The molecule has 0 fully saturated rings. The first-order valence-electron chi connectivity index (χ1n) is 5.79. The van der Waals surface area contributed by atoms with E-state index in [0.717, 1.165) is 0 Å². The number of aliphatic hydroxyl groups excluding tert-OH is 1. The van der Waals surface area contributed by atoms with Crippen LogP contribution in [0.2, 0.25) is 0 Å². The zero-order valence-corrected chi connectivity index (χ0v) is 10.9. The first-order valence-corrected chi connectivity index (χ1v) is 5.79. The number of para-hydroxylation sites is 1. The van der Waals surface area contributed by atoms with E-state index in [1.807, 2.05) is 6.07 Å². The van der Waals surface area contributed by atoms with Crippen molar-refractivity contribution >= 4 is 12.0 Å². The number of nitrogens with zero attached hydrogens (tertiary/aromatic N) is 1. The molecule has 1 aromatic rings. The van der Waals surface area contributed by atoms with Gasteiger partial charge in [0.15, 0.2) is 0 Å². The van der Waals surface area contributed by atoms with Crippen molar-refractivity contribution in [3.8, 4) is 11.8 Å². The van der Waals surface area contributed by atoms with Gasteiger partial charge in [0.1, 0.15) is 17.4 Å². The van der Waals surface area contributed by atoms with Crippen LogP contribution < -0.4 is 10.1 Å². The van der Waals surface area contributed by atoms with E-state index < -0.39 is 12.0 Å². The number of rotatable bonds is 5. The van der Waals surface area contributed by atoms with Crippen LogP contribution in [-0.2, 0) is 4.79 Å². The Bertz CT molecular complexity index is 516. The molecule has 0 aliphatic rings. The van der Waals surface area contributed by atoms with Crippen LogP contribution in [0.4, 0.5) is 0 Å². The average Bonchev–Trinajstić information content (AvgIpc) is 2.42. The molecular formula is C14H16N2O3. The fraction of sp³-hybridized carbons (Fsp3) is 0.286. The Balaban J connectivity index is 2.93. The zero-order chi connectivity index (χ0) is 14.3. The maximum atomic E-state index is 11.7. The summed E-state index contributed by atoms with van der Waals surface area (Å²) < 4.78 is 5.14. The molecule has 1 unspecified atom stereocenters. The summed E-state index contributed by atoms with van der Waals surface area (Å²) >= 11 is 0. The van der Waals surface area contributed by atoms with Gasteiger partial charge in [0, 0.05) is 12.1 Å². The number of nitrogens with one attached hydrogen (secondary N) is 1. The predicted octanol–water partition coefficient (Wildman–Crippen LogP) is 1.10. The molecule has 0 spiro atoms. The number of methoxy groups -OCH3 is 1. The molecule has 1 atom stereocenters. The highest BCUT2D eigenvalue weighted by atomic mass is 16.5. The van der Waals surface area contributed by atoms with E-state index in [4.69, 9.17) is 15.1 Å². The van der Waals surface area contributed by atoms with Gasteiger partial charge in [-0.25, -0.2) is 0 Å². The van der Waals surface area contributed by atoms with E-state index in [9.17, 15) is 4.79 Å². The summed E-state index contributed by atoms with van der Waals surface area (Å²) in [7, 11) is 1.52. The Hall–Kier alpha value is -2.32. The molecule has 100 valence electrons. The van der Waals surface area contributed by atoms with Gasteiger partial charge >= 0.3 is 0 Å². The summed E-state index contributed by atoms with van der Waals surface area (Å²) in [5.41, 5.74) is 0.610. The maximum Gasteiger partial charge on any atom is 0.262 e. The number of ether oxygens (including phenoxy) is 1. The summed E-state index contributed by atoms with van der Waals surface area (Å²) in [6.45, 7) is 1.65. The van der Waals surface area contributed by atoms with Crippen LogP contribution in [-0.4, -0.2) is 30.8 Å². The minimum atomic E-state index is -0.657. The lowest BCUT2D eigenvalue weighted by Gasteiger charge is -2.07. The largest absolute Gasteiger partial charge is 0.496 e.